The molecule has 74 valence electrons. The SMILES string of the molecule is COc1ccc(OC)c2c1[C]CCC2. The van der Waals surface area contributed by atoms with Crippen molar-refractivity contribution in [2.45, 2.75) is 19.3 Å². The van der Waals surface area contributed by atoms with Gasteiger partial charge in [0.1, 0.15) is 11.5 Å². The van der Waals surface area contributed by atoms with Crippen LogP contribution in [0.5, 0.6) is 11.5 Å². The molecule has 0 amide bonds. The molecule has 0 spiro atoms. The normalized spacial score (nSPS) is 14.7. The molecule has 0 bridgehead atoms. The molecule has 0 unspecified atom stereocenters. The van der Waals surface area contributed by atoms with Crippen molar-refractivity contribution in [3.05, 3.63) is 29.7 Å². The van der Waals surface area contributed by atoms with Crippen LogP contribution in [0, 0.1) is 6.42 Å². The maximum absolute atomic E-state index is 5.32. The molecule has 0 saturated heterocycles. The molecule has 0 N–H and O–H groups in total. The molecule has 1 aliphatic carbocycles. The van der Waals surface area contributed by atoms with Crippen molar-refractivity contribution in [2.24, 2.45) is 0 Å². The monoisotopic (exact) mass is 190 g/mol. The molecule has 2 rings (SSSR count). The van der Waals surface area contributed by atoms with Crippen LogP contribution in [-0.4, -0.2) is 14.2 Å². The van der Waals surface area contributed by atoms with Gasteiger partial charge >= 0.3 is 0 Å². The molecule has 0 heterocycles. The summed E-state index contributed by atoms with van der Waals surface area (Å²) >= 11 is 0. The quantitative estimate of drug-likeness (QED) is 0.713. The van der Waals surface area contributed by atoms with Gasteiger partial charge in [0, 0.05) is 17.5 Å². The Hall–Kier alpha value is -1.18. The molecule has 1 aromatic rings. The molecule has 0 aliphatic heterocycles. The minimum atomic E-state index is 0.903. The maximum Gasteiger partial charge on any atom is 0.123 e. The lowest BCUT2D eigenvalue weighted by molar-refractivity contribution is 0.394. The standard InChI is InChI=1S/C12H14O2/c1-13-11-7-8-12(14-2)10-6-4-3-5-9(10)11/h7-8H,3-5H2,1-2H3. The first-order valence-corrected chi connectivity index (χ1v) is 4.84. The Morgan fingerprint density at radius 3 is 2.57 bits per heavy atom. The molecular formula is C12H14O2. The average molecular weight is 190 g/mol. The lowest BCUT2D eigenvalue weighted by Gasteiger charge is -2.20. The third kappa shape index (κ3) is 1.45. The van der Waals surface area contributed by atoms with Gasteiger partial charge in [-0.25, -0.2) is 0 Å². The Balaban J connectivity index is 2.50. The van der Waals surface area contributed by atoms with Gasteiger partial charge in [0.05, 0.1) is 14.2 Å². The summed E-state index contributed by atoms with van der Waals surface area (Å²) in [6.45, 7) is 0. The van der Waals surface area contributed by atoms with Crippen LogP contribution in [0.2, 0.25) is 0 Å². The summed E-state index contributed by atoms with van der Waals surface area (Å²) in [4.78, 5) is 0. The second kappa shape index (κ2) is 3.91. The topological polar surface area (TPSA) is 18.5 Å². The van der Waals surface area contributed by atoms with E-state index >= 15 is 0 Å². The maximum atomic E-state index is 5.32. The van der Waals surface area contributed by atoms with Gasteiger partial charge in [0.2, 0.25) is 0 Å². The fraction of sp³-hybridized carbons (Fsp3) is 0.417. The van der Waals surface area contributed by atoms with Gasteiger partial charge in [-0.15, -0.1) is 0 Å². The zero-order chi connectivity index (χ0) is 9.97. The minimum absolute atomic E-state index is 0.903. The van der Waals surface area contributed by atoms with Crippen molar-refractivity contribution >= 4 is 0 Å². The van der Waals surface area contributed by atoms with Crippen LogP contribution >= 0.6 is 0 Å². The van der Waals surface area contributed by atoms with E-state index < -0.39 is 0 Å². The molecule has 2 nitrogen and oxygen atoms in total. The second-order valence-electron chi connectivity index (χ2n) is 3.35. The molecule has 2 radical (unpaired) electrons. The van der Waals surface area contributed by atoms with E-state index in [0.717, 1.165) is 36.3 Å². The largest absolute Gasteiger partial charge is 0.496 e. The zero-order valence-electron chi connectivity index (χ0n) is 8.59. The van der Waals surface area contributed by atoms with Gasteiger partial charge in [-0.1, -0.05) is 0 Å². The third-order valence-corrected chi connectivity index (χ3v) is 2.58. The van der Waals surface area contributed by atoms with Crippen LogP contribution in [0.25, 0.3) is 0 Å². The highest BCUT2D eigenvalue weighted by atomic mass is 16.5. The van der Waals surface area contributed by atoms with Gasteiger partial charge in [-0.05, 0) is 31.4 Å². The highest BCUT2D eigenvalue weighted by molar-refractivity contribution is 5.53. The average Bonchev–Trinajstić information content (AvgIpc) is 2.27. The summed E-state index contributed by atoms with van der Waals surface area (Å²) in [5, 5.41) is 0. The van der Waals surface area contributed by atoms with Crippen molar-refractivity contribution in [2.75, 3.05) is 14.2 Å². The van der Waals surface area contributed by atoms with Gasteiger partial charge < -0.3 is 9.47 Å². The first-order chi connectivity index (χ1) is 6.86. The fourth-order valence-electron chi connectivity index (χ4n) is 1.89. The molecule has 0 saturated carbocycles. The summed E-state index contributed by atoms with van der Waals surface area (Å²) in [6.07, 6.45) is 6.57. The first-order valence-electron chi connectivity index (χ1n) is 4.84. The van der Waals surface area contributed by atoms with Crippen LogP contribution in [0.3, 0.4) is 0 Å². The van der Waals surface area contributed by atoms with Gasteiger partial charge in [0.15, 0.2) is 0 Å². The van der Waals surface area contributed by atoms with Gasteiger partial charge in [-0.3, -0.25) is 0 Å². The predicted molar refractivity (Wildman–Crippen MR) is 54.8 cm³/mol. The zero-order valence-corrected chi connectivity index (χ0v) is 8.59. The van der Waals surface area contributed by atoms with Crippen LogP contribution < -0.4 is 9.47 Å². The Morgan fingerprint density at radius 1 is 1.14 bits per heavy atom. The number of hydrogen-bond acceptors (Lipinski definition) is 2. The predicted octanol–water partition coefficient (Wildman–Crippen LogP) is 2.47. The van der Waals surface area contributed by atoms with Crippen LogP contribution in [0.15, 0.2) is 12.1 Å². The van der Waals surface area contributed by atoms with Crippen molar-refractivity contribution in [3.8, 4) is 11.5 Å². The third-order valence-electron chi connectivity index (χ3n) is 2.58. The lowest BCUT2D eigenvalue weighted by atomic mass is 9.90. The smallest absolute Gasteiger partial charge is 0.123 e. The second-order valence-corrected chi connectivity index (χ2v) is 3.35. The van der Waals surface area contributed by atoms with E-state index in [1.54, 1.807) is 14.2 Å². The molecule has 1 aromatic carbocycles. The van der Waals surface area contributed by atoms with Gasteiger partial charge in [-0.2, -0.15) is 0 Å². The van der Waals surface area contributed by atoms with Crippen molar-refractivity contribution in [3.63, 3.8) is 0 Å². The summed E-state index contributed by atoms with van der Waals surface area (Å²) < 4.78 is 10.6. The summed E-state index contributed by atoms with van der Waals surface area (Å²) in [5.74, 6) is 1.86. The Morgan fingerprint density at radius 2 is 1.86 bits per heavy atom. The number of ether oxygens (including phenoxy) is 2. The van der Waals surface area contributed by atoms with E-state index in [4.69, 9.17) is 9.47 Å². The lowest BCUT2D eigenvalue weighted by Crippen LogP contribution is -2.05. The van der Waals surface area contributed by atoms with E-state index in [2.05, 4.69) is 6.42 Å². The van der Waals surface area contributed by atoms with Crippen LogP contribution in [-0.2, 0) is 6.42 Å². The van der Waals surface area contributed by atoms with Crippen molar-refractivity contribution in [1.29, 1.82) is 0 Å². The highest BCUT2D eigenvalue weighted by Crippen LogP contribution is 2.36. The van der Waals surface area contributed by atoms with E-state index in [-0.39, 0.29) is 0 Å². The Kier molecular flexibility index (Phi) is 2.62. The number of methoxy groups -OCH3 is 2. The van der Waals surface area contributed by atoms with Crippen molar-refractivity contribution < 1.29 is 9.47 Å². The number of fused-ring (bicyclic) bond motifs is 1. The van der Waals surface area contributed by atoms with Crippen LogP contribution in [0.4, 0.5) is 0 Å². The van der Waals surface area contributed by atoms with E-state index in [1.807, 2.05) is 12.1 Å². The molecule has 1 aliphatic rings. The number of benzene rings is 1. The Labute approximate surface area is 84.8 Å². The van der Waals surface area contributed by atoms with E-state index in [0.29, 0.717) is 0 Å². The highest BCUT2D eigenvalue weighted by Gasteiger charge is 2.18. The Bertz CT molecular complexity index is 298. The molecule has 2 heteroatoms. The number of rotatable bonds is 2. The first kappa shape index (κ1) is 9.38. The molecular weight excluding hydrogens is 176 g/mol. The summed E-state index contributed by atoms with van der Waals surface area (Å²) in [7, 11) is 3.40. The molecule has 0 fully saturated rings. The summed E-state index contributed by atoms with van der Waals surface area (Å²) in [5.41, 5.74) is 2.33. The van der Waals surface area contributed by atoms with Gasteiger partial charge in [0.25, 0.3) is 0 Å². The number of hydrogen-bond donors (Lipinski definition) is 0. The molecule has 14 heavy (non-hydrogen) atoms. The van der Waals surface area contributed by atoms with E-state index in [1.165, 1.54) is 5.56 Å². The van der Waals surface area contributed by atoms with E-state index in [9.17, 15) is 0 Å². The minimum Gasteiger partial charge on any atom is -0.496 e. The van der Waals surface area contributed by atoms with Crippen molar-refractivity contribution in [1.82, 2.24) is 0 Å². The molecule has 0 aromatic heterocycles. The van der Waals surface area contributed by atoms with Crippen LogP contribution in [0.1, 0.15) is 24.0 Å². The fourth-order valence-corrected chi connectivity index (χ4v) is 1.89. The molecule has 0 atom stereocenters. The summed E-state index contributed by atoms with van der Waals surface area (Å²) in [6, 6.07) is 3.90.